The molecular formula is C66H107NO8P+. The topological polar surface area (TPSA) is 108 Å². The predicted molar refractivity (Wildman–Crippen MR) is 325 cm³/mol. The summed E-state index contributed by atoms with van der Waals surface area (Å²) < 4.78 is 34.5. The fraction of sp³-hybridized carbons (Fsp3) is 0.576. The summed E-state index contributed by atoms with van der Waals surface area (Å²) in [6.07, 6.45) is 83.1. The van der Waals surface area contributed by atoms with Gasteiger partial charge in [-0.1, -0.05) is 217 Å². The average molecular weight is 1070 g/mol. The van der Waals surface area contributed by atoms with E-state index in [1.807, 2.05) is 21.1 Å². The zero-order valence-corrected chi connectivity index (χ0v) is 49.3. The molecule has 76 heavy (non-hydrogen) atoms. The fourth-order valence-electron chi connectivity index (χ4n) is 7.11. The number of hydrogen-bond donors (Lipinski definition) is 1. The van der Waals surface area contributed by atoms with Gasteiger partial charge in [0.15, 0.2) is 6.10 Å². The second-order valence-corrected chi connectivity index (χ2v) is 21.4. The van der Waals surface area contributed by atoms with Crippen molar-refractivity contribution in [1.29, 1.82) is 0 Å². The molecule has 10 heteroatoms. The number of hydrogen-bond acceptors (Lipinski definition) is 7. The molecule has 0 saturated carbocycles. The Balaban J connectivity index is 4.26. The minimum absolute atomic E-state index is 0.0148. The molecule has 0 aromatic heterocycles. The first-order valence-electron chi connectivity index (χ1n) is 29.2. The van der Waals surface area contributed by atoms with E-state index in [0.29, 0.717) is 23.9 Å². The van der Waals surface area contributed by atoms with Gasteiger partial charge in [0.2, 0.25) is 0 Å². The molecule has 0 fully saturated rings. The highest BCUT2D eigenvalue weighted by molar-refractivity contribution is 7.47. The Kier molecular flexibility index (Phi) is 52.2. The maximum absolute atomic E-state index is 12.8. The van der Waals surface area contributed by atoms with Gasteiger partial charge in [-0.3, -0.25) is 18.6 Å². The number of quaternary nitrogens is 1. The van der Waals surface area contributed by atoms with E-state index in [4.69, 9.17) is 18.5 Å². The molecule has 0 aliphatic rings. The van der Waals surface area contributed by atoms with Gasteiger partial charge in [0.05, 0.1) is 27.7 Å². The Morgan fingerprint density at radius 3 is 1.07 bits per heavy atom. The molecule has 0 radical (unpaired) electrons. The maximum atomic E-state index is 12.8. The molecule has 428 valence electrons. The molecule has 1 N–H and O–H groups in total. The van der Waals surface area contributed by atoms with E-state index in [0.717, 1.165) is 128 Å². The van der Waals surface area contributed by atoms with Crippen LogP contribution in [0.2, 0.25) is 0 Å². The van der Waals surface area contributed by atoms with Crippen LogP contribution < -0.4 is 0 Å². The molecular weight excluding hydrogens is 966 g/mol. The number of phosphoric acid groups is 1. The van der Waals surface area contributed by atoms with Crippen LogP contribution in [-0.4, -0.2) is 74.9 Å². The summed E-state index contributed by atoms with van der Waals surface area (Å²) in [4.78, 5) is 35.7. The zero-order chi connectivity index (χ0) is 55.6. The maximum Gasteiger partial charge on any atom is 0.472 e. The Bertz CT molecular complexity index is 1840. The van der Waals surface area contributed by atoms with E-state index in [-0.39, 0.29) is 26.1 Å². The van der Waals surface area contributed by atoms with Crippen LogP contribution in [-0.2, 0) is 32.7 Å². The Labute approximate surface area is 465 Å². The van der Waals surface area contributed by atoms with Crippen molar-refractivity contribution in [2.75, 3.05) is 47.5 Å². The molecule has 0 aromatic rings. The van der Waals surface area contributed by atoms with Crippen molar-refractivity contribution < 1.29 is 42.1 Å². The first-order chi connectivity index (χ1) is 37.0. The number of carbonyl (C=O) groups is 2. The van der Waals surface area contributed by atoms with Crippen molar-refractivity contribution in [3.8, 4) is 0 Å². The van der Waals surface area contributed by atoms with Crippen LogP contribution in [0.3, 0.4) is 0 Å². The quantitative estimate of drug-likeness (QED) is 0.0211. The van der Waals surface area contributed by atoms with Gasteiger partial charge in [0.25, 0.3) is 0 Å². The molecule has 0 rings (SSSR count). The standard InChI is InChI=1S/C66H106NO8P/c1-6-8-10-12-14-16-18-20-22-24-26-27-28-29-30-31-32-33-34-35-36-37-38-39-41-43-45-47-49-51-53-55-57-59-66(69)75-64(63-74-76(70,71)73-61-60-67(3,4)5)62-72-65(68)58-56-54-52-50-48-46-44-42-40-25-23-21-19-17-15-13-11-9-7-2/h8-11,14-17,20-23,26-27,29-30,32-33,35-36,38-40,42,46,48,64H,6-7,12-13,18-19,24-25,28,31,34,37,41,43-45,47,49-63H2,1-5H3/p+1/b10-8-,11-9-,16-14-,17-15-,22-20-,23-21-,27-26-,30-29-,33-32-,36-35-,39-38-,42-40-,48-46-. The normalized spacial score (nSPS) is 14.4. The van der Waals surface area contributed by atoms with E-state index in [1.165, 1.54) is 25.7 Å². The van der Waals surface area contributed by atoms with Gasteiger partial charge in [0, 0.05) is 12.8 Å². The molecule has 0 spiro atoms. The van der Waals surface area contributed by atoms with Crippen LogP contribution >= 0.6 is 7.82 Å². The summed E-state index contributed by atoms with van der Waals surface area (Å²) in [5.41, 5.74) is 0. The summed E-state index contributed by atoms with van der Waals surface area (Å²) in [5.74, 6) is -0.859. The van der Waals surface area contributed by atoms with Gasteiger partial charge in [-0.25, -0.2) is 4.57 Å². The summed E-state index contributed by atoms with van der Waals surface area (Å²) in [5, 5.41) is 0. The van der Waals surface area contributed by atoms with Crippen molar-refractivity contribution in [1.82, 2.24) is 0 Å². The van der Waals surface area contributed by atoms with Crippen LogP contribution in [0.4, 0.5) is 0 Å². The number of unbranched alkanes of at least 4 members (excludes halogenated alkanes) is 11. The molecule has 0 aliphatic heterocycles. The highest BCUT2D eigenvalue weighted by Gasteiger charge is 2.27. The Morgan fingerprint density at radius 2 is 0.711 bits per heavy atom. The van der Waals surface area contributed by atoms with Gasteiger partial charge in [0.1, 0.15) is 19.8 Å². The summed E-state index contributed by atoms with van der Waals surface area (Å²) in [6, 6.07) is 0. The minimum Gasteiger partial charge on any atom is -0.462 e. The lowest BCUT2D eigenvalue weighted by molar-refractivity contribution is -0.870. The molecule has 0 amide bonds. The van der Waals surface area contributed by atoms with Gasteiger partial charge in [-0.2, -0.15) is 0 Å². The van der Waals surface area contributed by atoms with E-state index in [9.17, 15) is 19.0 Å². The van der Waals surface area contributed by atoms with E-state index < -0.39 is 32.5 Å². The monoisotopic (exact) mass is 1070 g/mol. The van der Waals surface area contributed by atoms with Crippen LogP contribution in [0.15, 0.2) is 158 Å². The summed E-state index contributed by atoms with van der Waals surface area (Å²) >= 11 is 0. The molecule has 0 saturated heterocycles. The highest BCUT2D eigenvalue weighted by atomic mass is 31.2. The second kappa shape index (κ2) is 55.4. The number of ether oxygens (including phenoxy) is 2. The molecule has 2 atom stereocenters. The Morgan fingerprint density at radius 1 is 0.408 bits per heavy atom. The van der Waals surface area contributed by atoms with Crippen molar-refractivity contribution in [3.05, 3.63) is 158 Å². The first kappa shape index (κ1) is 71.6. The van der Waals surface area contributed by atoms with E-state index in [1.54, 1.807) is 0 Å². The predicted octanol–water partition coefficient (Wildman–Crippen LogP) is 18.5. The summed E-state index contributed by atoms with van der Waals surface area (Å²) in [6.45, 7) is 4.12. The molecule has 0 aliphatic carbocycles. The lowest BCUT2D eigenvalue weighted by atomic mass is 10.1. The van der Waals surface area contributed by atoms with Crippen molar-refractivity contribution in [3.63, 3.8) is 0 Å². The number of allylic oxidation sites excluding steroid dienone is 26. The second-order valence-electron chi connectivity index (χ2n) is 19.9. The van der Waals surface area contributed by atoms with Gasteiger partial charge in [-0.15, -0.1) is 0 Å². The number of phosphoric ester groups is 1. The van der Waals surface area contributed by atoms with Crippen LogP contribution in [0.25, 0.3) is 0 Å². The fourth-order valence-corrected chi connectivity index (χ4v) is 7.86. The SMILES string of the molecule is CC/C=C\C/C=C\C/C=C\C/C=C\C/C=C\C/C=C\C/C=C\C/C=C\CCCCCCCCCCC(=O)OC(COC(=O)CCCCC/C=C\C/C=C\C/C=C\C/C=C\C/C=C\CC)COP(=O)(O)OCC[N+](C)(C)C. The average Bonchev–Trinajstić information content (AvgIpc) is 3.38. The largest absolute Gasteiger partial charge is 0.472 e. The van der Waals surface area contributed by atoms with Crippen LogP contribution in [0.5, 0.6) is 0 Å². The minimum atomic E-state index is -4.41. The smallest absolute Gasteiger partial charge is 0.462 e. The van der Waals surface area contributed by atoms with Gasteiger partial charge in [-0.05, 0) is 122 Å². The third-order valence-corrected chi connectivity index (χ3v) is 12.5. The van der Waals surface area contributed by atoms with Crippen molar-refractivity contribution >= 4 is 19.8 Å². The number of esters is 2. The first-order valence-corrected chi connectivity index (χ1v) is 30.7. The zero-order valence-electron chi connectivity index (χ0n) is 48.4. The number of carbonyl (C=O) groups excluding carboxylic acids is 2. The van der Waals surface area contributed by atoms with Gasteiger partial charge >= 0.3 is 19.8 Å². The lowest BCUT2D eigenvalue weighted by Crippen LogP contribution is -2.37. The molecule has 9 nitrogen and oxygen atoms in total. The van der Waals surface area contributed by atoms with E-state index in [2.05, 4.69) is 172 Å². The van der Waals surface area contributed by atoms with Crippen molar-refractivity contribution in [2.45, 2.75) is 200 Å². The van der Waals surface area contributed by atoms with Gasteiger partial charge < -0.3 is 18.9 Å². The van der Waals surface area contributed by atoms with Crippen LogP contribution in [0, 0.1) is 0 Å². The number of rotatable bonds is 51. The van der Waals surface area contributed by atoms with Crippen molar-refractivity contribution in [2.24, 2.45) is 0 Å². The number of likely N-dealkylation sites (N-methyl/N-ethyl adjacent to an activating group) is 1. The van der Waals surface area contributed by atoms with Crippen LogP contribution in [0.1, 0.15) is 194 Å². The van der Waals surface area contributed by atoms with E-state index >= 15 is 0 Å². The third kappa shape index (κ3) is 58.9. The lowest BCUT2D eigenvalue weighted by Gasteiger charge is -2.24. The molecule has 0 bridgehead atoms. The number of nitrogens with zero attached hydrogens (tertiary/aromatic N) is 1. The molecule has 0 aromatic carbocycles. The highest BCUT2D eigenvalue weighted by Crippen LogP contribution is 2.43. The molecule has 2 unspecified atom stereocenters. The third-order valence-electron chi connectivity index (χ3n) is 11.6. The Hall–Kier alpha value is -4.37. The summed E-state index contributed by atoms with van der Waals surface area (Å²) in [7, 11) is 1.42. The molecule has 0 heterocycles.